The zero-order chi connectivity index (χ0) is 15.1. The molecule has 120 valence electrons. The van der Waals surface area contributed by atoms with Crippen LogP contribution in [0.25, 0.3) is 0 Å². The third-order valence-corrected chi connectivity index (χ3v) is 6.47. The first-order valence-electron chi connectivity index (χ1n) is 7.47. The molecule has 1 aromatic heterocycles. The maximum absolute atomic E-state index is 12.2. The Labute approximate surface area is 131 Å². The van der Waals surface area contributed by atoms with Crippen molar-refractivity contribution in [3.63, 3.8) is 0 Å². The summed E-state index contributed by atoms with van der Waals surface area (Å²) in [5.74, 6) is 0.491. The molecule has 2 rings (SSSR count). The number of nitrogens with one attached hydrogen (secondary N) is 2. The smallest absolute Gasteiger partial charge is 0.250 e. The average molecular weight is 332 g/mol. The van der Waals surface area contributed by atoms with E-state index in [1.807, 2.05) is 5.38 Å². The van der Waals surface area contributed by atoms with Gasteiger partial charge in [-0.15, -0.1) is 11.3 Å². The molecule has 0 aliphatic carbocycles. The van der Waals surface area contributed by atoms with E-state index >= 15 is 0 Å². The molecule has 1 aliphatic heterocycles. The number of sulfonamides is 1. The quantitative estimate of drug-likeness (QED) is 0.678. The van der Waals surface area contributed by atoms with Gasteiger partial charge >= 0.3 is 0 Å². The van der Waals surface area contributed by atoms with Gasteiger partial charge in [0.25, 0.3) is 0 Å². The van der Waals surface area contributed by atoms with Gasteiger partial charge in [0, 0.05) is 26.3 Å². The van der Waals surface area contributed by atoms with Crippen molar-refractivity contribution < 1.29 is 13.2 Å². The van der Waals surface area contributed by atoms with E-state index in [4.69, 9.17) is 4.74 Å². The number of ether oxygens (including phenoxy) is 1. The Bertz CT molecular complexity index is 522. The summed E-state index contributed by atoms with van der Waals surface area (Å²) in [6.45, 7) is 5.82. The number of hydrogen-bond acceptors (Lipinski definition) is 5. The highest BCUT2D eigenvalue weighted by molar-refractivity contribution is 7.91. The van der Waals surface area contributed by atoms with Gasteiger partial charge in [-0.2, -0.15) is 0 Å². The summed E-state index contributed by atoms with van der Waals surface area (Å²) < 4.78 is 32.8. The van der Waals surface area contributed by atoms with Crippen molar-refractivity contribution in [2.45, 2.75) is 36.9 Å². The van der Waals surface area contributed by atoms with Crippen LogP contribution in [0, 0.1) is 5.92 Å². The van der Waals surface area contributed by atoms with Gasteiger partial charge in [-0.1, -0.05) is 6.92 Å². The second-order valence-electron chi connectivity index (χ2n) is 5.37. The molecule has 0 saturated carbocycles. The van der Waals surface area contributed by atoms with Crippen LogP contribution >= 0.6 is 11.3 Å². The Hall–Kier alpha value is -0.470. The van der Waals surface area contributed by atoms with Crippen molar-refractivity contribution in [3.8, 4) is 0 Å². The summed E-state index contributed by atoms with van der Waals surface area (Å²) in [6.07, 6.45) is 2.95. The molecule has 0 amide bonds. The molecular formula is C14H24N2O3S2. The van der Waals surface area contributed by atoms with Crippen LogP contribution in [0.1, 0.15) is 31.7 Å². The molecule has 0 bridgehead atoms. The summed E-state index contributed by atoms with van der Waals surface area (Å²) in [4.78, 5) is 0. The van der Waals surface area contributed by atoms with Gasteiger partial charge in [-0.3, -0.25) is 0 Å². The molecule has 2 heterocycles. The Morgan fingerprint density at radius 2 is 2.29 bits per heavy atom. The normalized spacial score (nSPS) is 19.2. The van der Waals surface area contributed by atoms with Gasteiger partial charge in [-0.05, 0) is 48.7 Å². The summed E-state index contributed by atoms with van der Waals surface area (Å²) in [6, 6.07) is 1.76. The fourth-order valence-electron chi connectivity index (χ4n) is 2.28. The van der Waals surface area contributed by atoms with Gasteiger partial charge < -0.3 is 10.1 Å². The number of hydrogen-bond donors (Lipinski definition) is 2. The van der Waals surface area contributed by atoms with E-state index < -0.39 is 10.0 Å². The molecule has 0 spiro atoms. The monoisotopic (exact) mass is 332 g/mol. The first-order chi connectivity index (χ1) is 10.1. The van der Waals surface area contributed by atoms with Crippen LogP contribution in [-0.4, -0.2) is 34.7 Å². The highest BCUT2D eigenvalue weighted by Crippen LogP contribution is 2.21. The van der Waals surface area contributed by atoms with Gasteiger partial charge in [0.1, 0.15) is 4.21 Å². The lowest BCUT2D eigenvalue weighted by Crippen LogP contribution is -2.25. The molecule has 1 atom stereocenters. The Morgan fingerprint density at radius 1 is 1.43 bits per heavy atom. The lowest BCUT2D eigenvalue weighted by atomic mass is 10.1. The molecular weight excluding hydrogens is 308 g/mol. The van der Waals surface area contributed by atoms with Gasteiger partial charge in [0.2, 0.25) is 10.0 Å². The Morgan fingerprint density at radius 3 is 3.00 bits per heavy atom. The van der Waals surface area contributed by atoms with Crippen molar-refractivity contribution in [1.29, 1.82) is 0 Å². The van der Waals surface area contributed by atoms with Gasteiger partial charge in [0.15, 0.2) is 0 Å². The molecule has 1 unspecified atom stereocenters. The van der Waals surface area contributed by atoms with E-state index in [9.17, 15) is 8.42 Å². The first-order valence-corrected chi connectivity index (χ1v) is 9.83. The lowest BCUT2D eigenvalue weighted by Gasteiger charge is -2.08. The van der Waals surface area contributed by atoms with E-state index in [1.54, 1.807) is 6.07 Å². The predicted octanol–water partition coefficient (Wildman–Crippen LogP) is 1.95. The summed E-state index contributed by atoms with van der Waals surface area (Å²) >= 11 is 1.28. The molecule has 5 nitrogen and oxygen atoms in total. The summed E-state index contributed by atoms with van der Waals surface area (Å²) in [7, 11) is -3.36. The second kappa shape index (κ2) is 8.24. The van der Waals surface area contributed by atoms with Crippen molar-refractivity contribution in [1.82, 2.24) is 10.0 Å². The van der Waals surface area contributed by atoms with Crippen LogP contribution in [-0.2, 0) is 21.3 Å². The van der Waals surface area contributed by atoms with Crippen molar-refractivity contribution in [3.05, 3.63) is 17.0 Å². The van der Waals surface area contributed by atoms with Crippen LogP contribution < -0.4 is 10.0 Å². The molecule has 0 radical (unpaired) electrons. The average Bonchev–Trinajstić information content (AvgIpc) is 3.10. The summed E-state index contributed by atoms with van der Waals surface area (Å²) in [5.41, 5.74) is 1.03. The molecule has 1 aromatic rings. The van der Waals surface area contributed by atoms with E-state index in [1.165, 1.54) is 11.3 Å². The van der Waals surface area contributed by atoms with Crippen LogP contribution in [0.2, 0.25) is 0 Å². The van der Waals surface area contributed by atoms with Gasteiger partial charge in [0.05, 0.1) is 0 Å². The number of thiophene rings is 1. The lowest BCUT2D eigenvalue weighted by molar-refractivity contribution is 0.184. The molecule has 0 aromatic carbocycles. The van der Waals surface area contributed by atoms with Crippen molar-refractivity contribution in [2.75, 3.05) is 26.3 Å². The molecule has 1 saturated heterocycles. The minimum Gasteiger partial charge on any atom is -0.381 e. The number of rotatable bonds is 9. The zero-order valence-corrected chi connectivity index (χ0v) is 14.1. The fourth-order valence-corrected chi connectivity index (χ4v) is 4.58. The molecule has 2 N–H and O–H groups in total. The van der Waals surface area contributed by atoms with Crippen molar-refractivity contribution in [2.24, 2.45) is 5.92 Å². The van der Waals surface area contributed by atoms with Crippen LogP contribution in [0.5, 0.6) is 0 Å². The molecule has 1 aliphatic rings. The SMILES string of the molecule is CCCNCc1csc(S(=O)(=O)NCCC2CCOC2)c1. The van der Waals surface area contributed by atoms with Crippen molar-refractivity contribution >= 4 is 21.4 Å². The van der Waals surface area contributed by atoms with E-state index in [2.05, 4.69) is 17.0 Å². The second-order valence-corrected chi connectivity index (χ2v) is 8.27. The van der Waals surface area contributed by atoms with E-state index in [-0.39, 0.29) is 0 Å². The minimum absolute atomic E-state index is 0.401. The summed E-state index contributed by atoms with van der Waals surface area (Å²) in [5, 5.41) is 5.18. The van der Waals surface area contributed by atoms with E-state index in [0.29, 0.717) is 16.7 Å². The zero-order valence-electron chi connectivity index (χ0n) is 12.4. The maximum atomic E-state index is 12.2. The first kappa shape index (κ1) is 16.9. The van der Waals surface area contributed by atoms with E-state index in [0.717, 1.165) is 51.1 Å². The highest BCUT2D eigenvalue weighted by atomic mass is 32.2. The van der Waals surface area contributed by atoms with Crippen LogP contribution in [0.4, 0.5) is 0 Å². The standard InChI is InChI=1S/C14H24N2O3S2/c1-2-5-15-9-13-8-14(20-11-13)21(17,18)16-6-3-12-4-7-19-10-12/h8,11-12,15-16H,2-7,9-10H2,1H3. The van der Waals surface area contributed by atoms with Crippen LogP contribution in [0.15, 0.2) is 15.7 Å². The maximum Gasteiger partial charge on any atom is 0.250 e. The Kier molecular flexibility index (Phi) is 6.63. The molecule has 21 heavy (non-hydrogen) atoms. The van der Waals surface area contributed by atoms with Crippen LogP contribution in [0.3, 0.4) is 0 Å². The Balaban J connectivity index is 1.80. The molecule has 1 fully saturated rings. The fraction of sp³-hybridized carbons (Fsp3) is 0.714. The minimum atomic E-state index is -3.36. The third-order valence-electron chi connectivity index (χ3n) is 3.52. The largest absolute Gasteiger partial charge is 0.381 e. The molecule has 7 heteroatoms. The predicted molar refractivity (Wildman–Crippen MR) is 85.0 cm³/mol. The van der Waals surface area contributed by atoms with Gasteiger partial charge in [-0.25, -0.2) is 13.1 Å². The highest BCUT2D eigenvalue weighted by Gasteiger charge is 2.19. The topological polar surface area (TPSA) is 67.4 Å². The third kappa shape index (κ3) is 5.34.